The van der Waals surface area contributed by atoms with E-state index in [9.17, 15) is 0 Å². The molecule has 1 heteroatoms. The second kappa shape index (κ2) is 4.35. The maximum atomic E-state index is 3.91. The Hall–Kier alpha value is -0.560. The van der Waals surface area contributed by atoms with Gasteiger partial charge in [0.05, 0.1) is 0 Å². The molecule has 0 radical (unpaired) electrons. The van der Waals surface area contributed by atoms with Crippen molar-refractivity contribution in [2.75, 3.05) is 7.05 Å². The molecule has 0 aliphatic rings. The summed E-state index contributed by atoms with van der Waals surface area (Å²) in [4.78, 5) is 0. The summed E-state index contributed by atoms with van der Waals surface area (Å²) in [5.41, 5.74) is 3.84. The quantitative estimate of drug-likeness (QED) is 0.614. The third-order valence-electron chi connectivity index (χ3n) is 2.31. The molecule has 0 heterocycles. The fourth-order valence-corrected chi connectivity index (χ4v) is 0.878. The Kier molecular flexibility index (Phi) is 4.12. The number of nitrogens with one attached hydrogen (secondary N) is 1. The van der Waals surface area contributed by atoms with Crippen LogP contribution in [0.4, 0.5) is 0 Å². The van der Waals surface area contributed by atoms with Gasteiger partial charge in [-0.2, -0.15) is 0 Å². The van der Waals surface area contributed by atoms with Gasteiger partial charge in [0.1, 0.15) is 0 Å². The van der Waals surface area contributed by atoms with E-state index in [1.165, 1.54) is 11.1 Å². The molecule has 64 valence electrons. The van der Waals surface area contributed by atoms with Gasteiger partial charge in [0.2, 0.25) is 0 Å². The van der Waals surface area contributed by atoms with Crippen molar-refractivity contribution in [3.05, 3.63) is 23.3 Å². The first kappa shape index (κ1) is 10.4. The van der Waals surface area contributed by atoms with Crippen LogP contribution in [0.25, 0.3) is 0 Å². The summed E-state index contributed by atoms with van der Waals surface area (Å²) >= 11 is 0. The Bertz CT molecular complexity index is 177. The molecule has 0 aliphatic carbocycles. The fraction of sp³-hybridized carbons (Fsp3) is 0.600. The smallest absolute Gasteiger partial charge is 0.0251 e. The predicted molar refractivity (Wildman–Crippen MR) is 51.7 cm³/mol. The van der Waals surface area contributed by atoms with E-state index in [1.54, 1.807) is 0 Å². The molecule has 0 saturated carbocycles. The zero-order valence-corrected chi connectivity index (χ0v) is 8.28. The first-order chi connectivity index (χ1) is 5.00. The second-order valence-electron chi connectivity index (χ2n) is 3.10. The molecule has 11 heavy (non-hydrogen) atoms. The van der Waals surface area contributed by atoms with Gasteiger partial charge in [-0.05, 0) is 40.3 Å². The van der Waals surface area contributed by atoms with Gasteiger partial charge in [-0.3, -0.25) is 0 Å². The first-order valence-electron chi connectivity index (χ1n) is 4.01. The van der Waals surface area contributed by atoms with Crippen molar-refractivity contribution in [2.45, 2.75) is 33.7 Å². The van der Waals surface area contributed by atoms with Crippen LogP contribution in [-0.2, 0) is 0 Å². The Morgan fingerprint density at radius 1 is 1.27 bits per heavy atom. The molecular formula is C10H19N. The largest absolute Gasteiger partial charge is 0.314 e. The highest BCUT2D eigenvalue weighted by atomic mass is 14.9. The van der Waals surface area contributed by atoms with Crippen molar-refractivity contribution < 1.29 is 0 Å². The summed E-state index contributed by atoms with van der Waals surface area (Å²) in [6, 6.07) is 0.451. The molecule has 1 atom stereocenters. The van der Waals surface area contributed by atoms with Crippen molar-refractivity contribution in [3.8, 4) is 0 Å². The van der Waals surface area contributed by atoms with Crippen LogP contribution < -0.4 is 5.32 Å². The van der Waals surface area contributed by atoms with E-state index < -0.39 is 0 Å². The molecule has 0 rings (SSSR count). The van der Waals surface area contributed by atoms with Crippen LogP contribution in [-0.4, -0.2) is 13.1 Å². The number of hydrogen-bond acceptors (Lipinski definition) is 1. The minimum atomic E-state index is 0.451. The zero-order valence-electron chi connectivity index (χ0n) is 8.28. The van der Waals surface area contributed by atoms with Crippen molar-refractivity contribution in [1.82, 2.24) is 5.32 Å². The molecule has 0 spiro atoms. The highest BCUT2D eigenvalue weighted by Crippen LogP contribution is 2.14. The molecule has 1 nitrogen and oxygen atoms in total. The number of hydrogen-bond donors (Lipinski definition) is 1. The minimum absolute atomic E-state index is 0.451. The third kappa shape index (κ3) is 2.89. The van der Waals surface area contributed by atoms with Gasteiger partial charge in [0.15, 0.2) is 0 Å². The lowest BCUT2D eigenvalue weighted by molar-refractivity contribution is 0.686. The van der Waals surface area contributed by atoms with E-state index in [4.69, 9.17) is 0 Å². The lowest BCUT2D eigenvalue weighted by Crippen LogP contribution is -2.23. The highest BCUT2D eigenvalue weighted by molar-refractivity contribution is 5.31. The molecule has 0 aromatic carbocycles. The maximum absolute atomic E-state index is 3.91. The second-order valence-corrected chi connectivity index (χ2v) is 3.10. The first-order valence-corrected chi connectivity index (χ1v) is 4.01. The molecule has 0 fully saturated rings. The summed E-state index contributed by atoms with van der Waals surface area (Å²) in [6.07, 6.45) is 0. The summed E-state index contributed by atoms with van der Waals surface area (Å²) in [7, 11) is 1.97. The summed E-state index contributed by atoms with van der Waals surface area (Å²) < 4.78 is 0. The van der Waals surface area contributed by atoms with Crippen LogP contribution in [0.5, 0.6) is 0 Å². The molecule has 0 aliphatic heterocycles. The van der Waals surface area contributed by atoms with Gasteiger partial charge in [0, 0.05) is 6.04 Å². The van der Waals surface area contributed by atoms with Crippen molar-refractivity contribution in [3.63, 3.8) is 0 Å². The normalized spacial score (nSPS) is 15.7. The van der Waals surface area contributed by atoms with Gasteiger partial charge < -0.3 is 5.32 Å². The number of likely N-dealkylation sites (N-methyl/N-ethyl adjacent to an activating group) is 1. The Balaban J connectivity index is 4.51. The molecule has 1 unspecified atom stereocenters. The molecule has 0 aromatic rings. The Labute approximate surface area is 70.2 Å². The van der Waals surface area contributed by atoms with Gasteiger partial charge in [-0.1, -0.05) is 17.7 Å². The van der Waals surface area contributed by atoms with Gasteiger partial charge in [-0.15, -0.1) is 0 Å². The Morgan fingerprint density at radius 3 is 2.00 bits per heavy atom. The van der Waals surface area contributed by atoms with E-state index in [0.717, 1.165) is 5.57 Å². The average molecular weight is 153 g/mol. The lowest BCUT2D eigenvalue weighted by atomic mass is 10.0. The standard InChI is InChI=1S/C10H19N/c1-7(2)8(3)9(4)10(5)11-6/h10-11H,1H2,2-6H3/b9-8-. The average Bonchev–Trinajstić information content (AvgIpc) is 2.00. The molecule has 1 N–H and O–H groups in total. The number of allylic oxidation sites excluding steroid dienone is 2. The third-order valence-corrected chi connectivity index (χ3v) is 2.31. The van der Waals surface area contributed by atoms with Crippen LogP contribution in [0.3, 0.4) is 0 Å². The topological polar surface area (TPSA) is 12.0 Å². The minimum Gasteiger partial charge on any atom is -0.314 e. The fourth-order valence-electron chi connectivity index (χ4n) is 0.878. The van der Waals surface area contributed by atoms with Gasteiger partial charge in [0.25, 0.3) is 0 Å². The van der Waals surface area contributed by atoms with E-state index in [0.29, 0.717) is 6.04 Å². The van der Waals surface area contributed by atoms with Crippen LogP contribution in [0, 0.1) is 0 Å². The Morgan fingerprint density at radius 2 is 1.73 bits per heavy atom. The summed E-state index contributed by atoms with van der Waals surface area (Å²) in [5, 5.41) is 3.20. The van der Waals surface area contributed by atoms with Crippen LogP contribution in [0.2, 0.25) is 0 Å². The van der Waals surface area contributed by atoms with Crippen molar-refractivity contribution in [1.29, 1.82) is 0 Å². The maximum Gasteiger partial charge on any atom is 0.0251 e. The molecule has 0 aromatic heterocycles. The van der Waals surface area contributed by atoms with Crippen LogP contribution >= 0.6 is 0 Å². The predicted octanol–water partition coefficient (Wildman–Crippen LogP) is 2.51. The summed E-state index contributed by atoms with van der Waals surface area (Å²) in [6.45, 7) is 12.4. The summed E-state index contributed by atoms with van der Waals surface area (Å²) in [5.74, 6) is 0. The van der Waals surface area contributed by atoms with Crippen LogP contribution in [0.15, 0.2) is 23.3 Å². The van der Waals surface area contributed by atoms with Gasteiger partial charge >= 0.3 is 0 Å². The SMILES string of the molecule is C=C(C)/C(C)=C(/C)C(C)NC. The van der Waals surface area contributed by atoms with Gasteiger partial charge in [-0.25, -0.2) is 0 Å². The molecule has 0 saturated heterocycles. The molecular weight excluding hydrogens is 134 g/mol. The monoisotopic (exact) mass is 153 g/mol. The van der Waals surface area contributed by atoms with Crippen LogP contribution in [0.1, 0.15) is 27.7 Å². The van der Waals surface area contributed by atoms with Crippen molar-refractivity contribution in [2.24, 2.45) is 0 Å². The highest BCUT2D eigenvalue weighted by Gasteiger charge is 2.03. The van der Waals surface area contributed by atoms with E-state index >= 15 is 0 Å². The number of rotatable bonds is 3. The zero-order chi connectivity index (χ0) is 9.02. The lowest BCUT2D eigenvalue weighted by Gasteiger charge is -2.14. The van der Waals surface area contributed by atoms with E-state index in [2.05, 4.69) is 32.7 Å². The molecule has 0 bridgehead atoms. The van der Waals surface area contributed by atoms with E-state index in [1.807, 2.05) is 14.0 Å². The van der Waals surface area contributed by atoms with E-state index in [-0.39, 0.29) is 0 Å². The van der Waals surface area contributed by atoms with Crippen molar-refractivity contribution >= 4 is 0 Å². The molecule has 0 amide bonds.